The van der Waals surface area contributed by atoms with Crippen molar-refractivity contribution in [3.63, 3.8) is 0 Å². The SMILES string of the molecule is Fc1cc(F)cc(-n2c(=S)[nH]c3cc(I)c(F)cc32)c1. The molecular weight excluding hydrogens is 400 g/mol. The summed E-state index contributed by atoms with van der Waals surface area (Å²) in [5, 5.41) is 0. The highest BCUT2D eigenvalue weighted by Crippen LogP contribution is 2.24. The fraction of sp³-hybridized carbons (Fsp3) is 0. The normalized spacial score (nSPS) is 11.2. The molecule has 102 valence electrons. The third kappa shape index (κ3) is 2.24. The van der Waals surface area contributed by atoms with Gasteiger partial charge >= 0.3 is 0 Å². The lowest BCUT2D eigenvalue weighted by molar-refractivity contribution is 0.581. The van der Waals surface area contributed by atoms with Crippen molar-refractivity contribution >= 4 is 45.8 Å². The van der Waals surface area contributed by atoms with Gasteiger partial charge in [0.2, 0.25) is 0 Å². The van der Waals surface area contributed by atoms with Crippen molar-refractivity contribution in [1.82, 2.24) is 9.55 Å². The van der Waals surface area contributed by atoms with Crippen LogP contribution in [0.25, 0.3) is 16.7 Å². The van der Waals surface area contributed by atoms with Crippen LogP contribution in [0.4, 0.5) is 13.2 Å². The standard InChI is InChI=1S/C13H6F3IN2S/c14-6-1-7(15)3-8(2-6)19-12-4-9(16)10(17)5-11(12)18-13(19)20/h1-5H,(H,18,20). The molecule has 0 bridgehead atoms. The van der Waals surface area contributed by atoms with Crippen molar-refractivity contribution < 1.29 is 13.2 Å². The molecule has 0 spiro atoms. The van der Waals surface area contributed by atoms with Gasteiger partial charge in [0, 0.05) is 12.1 Å². The molecule has 0 saturated heterocycles. The van der Waals surface area contributed by atoms with Gasteiger partial charge in [0.05, 0.1) is 20.3 Å². The minimum Gasteiger partial charge on any atom is -0.330 e. The molecule has 1 N–H and O–H groups in total. The Balaban J connectivity index is 2.38. The van der Waals surface area contributed by atoms with Crippen LogP contribution in [0, 0.1) is 25.8 Å². The van der Waals surface area contributed by atoms with Crippen molar-refractivity contribution in [3.8, 4) is 5.69 Å². The van der Waals surface area contributed by atoms with E-state index >= 15 is 0 Å². The second kappa shape index (κ2) is 4.88. The van der Waals surface area contributed by atoms with Crippen LogP contribution in [-0.2, 0) is 0 Å². The number of halogens is 4. The highest BCUT2D eigenvalue weighted by molar-refractivity contribution is 14.1. The second-order valence-corrected chi connectivity index (χ2v) is 5.73. The van der Waals surface area contributed by atoms with Gasteiger partial charge in [0.1, 0.15) is 17.5 Å². The first kappa shape index (κ1) is 13.6. The summed E-state index contributed by atoms with van der Waals surface area (Å²) in [6.07, 6.45) is 0. The topological polar surface area (TPSA) is 20.7 Å². The van der Waals surface area contributed by atoms with Crippen LogP contribution in [0.2, 0.25) is 0 Å². The number of rotatable bonds is 1. The summed E-state index contributed by atoms with van der Waals surface area (Å²) in [7, 11) is 0. The number of imidazole rings is 1. The van der Waals surface area contributed by atoms with Crippen molar-refractivity contribution in [2.75, 3.05) is 0 Å². The number of aromatic nitrogens is 2. The smallest absolute Gasteiger partial charge is 0.182 e. The summed E-state index contributed by atoms with van der Waals surface area (Å²) in [5.41, 5.74) is 1.24. The Bertz CT molecular complexity index is 865. The van der Waals surface area contributed by atoms with Gasteiger partial charge in [-0.2, -0.15) is 0 Å². The first-order valence-corrected chi connectivity index (χ1v) is 7.00. The number of nitrogens with zero attached hydrogens (tertiary/aromatic N) is 1. The maximum absolute atomic E-state index is 13.7. The minimum absolute atomic E-state index is 0.208. The lowest BCUT2D eigenvalue weighted by atomic mass is 10.2. The Morgan fingerprint density at radius 3 is 2.30 bits per heavy atom. The Labute approximate surface area is 130 Å². The Hall–Kier alpha value is -1.35. The summed E-state index contributed by atoms with van der Waals surface area (Å²) in [5.74, 6) is -1.86. The fourth-order valence-corrected chi connectivity index (χ4v) is 2.81. The molecular formula is C13H6F3IN2S. The third-order valence-corrected chi connectivity index (χ3v) is 3.94. The molecule has 0 aliphatic carbocycles. The van der Waals surface area contributed by atoms with Crippen molar-refractivity contribution in [2.24, 2.45) is 0 Å². The van der Waals surface area contributed by atoms with E-state index in [2.05, 4.69) is 4.98 Å². The van der Waals surface area contributed by atoms with E-state index in [1.807, 2.05) is 22.6 Å². The fourth-order valence-electron chi connectivity index (χ4n) is 2.03. The minimum atomic E-state index is -0.720. The van der Waals surface area contributed by atoms with E-state index in [0.717, 1.165) is 18.2 Å². The molecule has 2 nitrogen and oxygen atoms in total. The molecule has 0 aliphatic heterocycles. The molecule has 0 aliphatic rings. The monoisotopic (exact) mass is 406 g/mol. The lowest BCUT2D eigenvalue weighted by Gasteiger charge is -2.05. The summed E-state index contributed by atoms with van der Waals surface area (Å²) < 4.78 is 42.4. The summed E-state index contributed by atoms with van der Waals surface area (Å²) in [4.78, 5) is 2.89. The van der Waals surface area contributed by atoms with Crippen molar-refractivity contribution in [3.05, 3.63) is 56.1 Å². The van der Waals surface area contributed by atoms with Crippen molar-refractivity contribution in [1.29, 1.82) is 0 Å². The number of hydrogen-bond donors (Lipinski definition) is 1. The quantitative estimate of drug-likeness (QED) is 0.459. The van der Waals surface area contributed by atoms with Crippen molar-refractivity contribution in [2.45, 2.75) is 0 Å². The average Bonchev–Trinajstić information content (AvgIpc) is 2.64. The number of nitrogens with one attached hydrogen (secondary N) is 1. The molecule has 3 rings (SSSR count). The van der Waals surface area contributed by atoms with E-state index in [9.17, 15) is 13.2 Å². The summed E-state index contributed by atoms with van der Waals surface area (Å²) >= 11 is 7.01. The van der Waals surface area contributed by atoms with Crippen LogP contribution < -0.4 is 0 Å². The van der Waals surface area contributed by atoms with Crippen LogP contribution >= 0.6 is 34.8 Å². The van der Waals surface area contributed by atoms with Crippen LogP contribution in [0.5, 0.6) is 0 Å². The Morgan fingerprint density at radius 1 is 1.00 bits per heavy atom. The average molecular weight is 406 g/mol. The number of H-pyrrole nitrogens is 1. The van der Waals surface area contributed by atoms with E-state index in [4.69, 9.17) is 12.2 Å². The van der Waals surface area contributed by atoms with Gasteiger partial charge in [-0.25, -0.2) is 13.2 Å². The number of benzene rings is 2. The Kier molecular flexibility index (Phi) is 3.33. The number of hydrogen-bond acceptors (Lipinski definition) is 1. The second-order valence-electron chi connectivity index (χ2n) is 4.18. The first-order valence-electron chi connectivity index (χ1n) is 5.52. The van der Waals surface area contributed by atoms with E-state index in [0.29, 0.717) is 14.6 Å². The summed E-state index contributed by atoms with van der Waals surface area (Å²) in [6, 6.07) is 5.93. The molecule has 0 fully saturated rings. The molecule has 20 heavy (non-hydrogen) atoms. The number of aromatic amines is 1. The molecule has 0 atom stereocenters. The predicted octanol–water partition coefficient (Wildman–Crippen LogP) is 4.71. The summed E-state index contributed by atoms with van der Waals surface area (Å²) in [6.45, 7) is 0. The van der Waals surface area contributed by atoms with Crippen LogP contribution in [-0.4, -0.2) is 9.55 Å². The zero-order valence-corrected chi connectivity index (χ0v) is 12.7. The molecule has 7 heteroatoms. The van der Waals surface area contributed by atoms with Gasteiger partial charge in [-0.1, -0.05) is 0 Å². The molecule has 1 aromatic heterocycles. The maximum Gasteiger partial charge on any atom is 0.182 e. The zero-order valence-electron chi connectivity index (χ0n) is 9.75. The van der Waals surface area contributed by atoms with Gasteiger partial charge in [-0.3, -0.25) is 4.57 Å². The van der Waals surface area contributed by atoms with Crippen LogP contribution in [0.1, 0.15) is 0 Å². The molecule has 2 aromatic carbocycles. The first-order chi connectivity index (χ1) is 9.45. The Morgan fingerprint density at radius 2 is 1.65 bits per heavy atom. The van der Waals surface area contributed by atoms with E-state index in [-0.39, 0.29) is 10.5 Å². The van der Waals surface area contributed by atoms with Gasteiger partial charge in [-0.05, 0) is 53.0 Å². The van der Waals surface area contributed by atoms with Gasteiger partial charge in [0.15, 0.2) is 4.77 Å². The molecule has 0 amide bonds. The zero-order chi connectivity index (χ0) is 14.4. The van der Waals surface area contributed by atoms with E-state index in [1.165, 1.54) is 10.6 Å². The predicted molar refractivity (Wildman–Crippen MR) is 81.1 cm³/mol. The van der Waals surface area contributed by atoms with E-state index < -0.39 is 17.5 Å². The van der Waals surface area contributed by atoms with Gasteiger partial charge < -0.3 is 4.98 Å². The molecule has 0 radical (unpaired) electrons. The highest BCUT2D eigenvalue weighted by atomic mass is 127. The lowest BCUT2D eigenvalue weighted by Crippen LogP contribution is -1.97. The maximum atomic E-state index is 13.7. The molecule has 0 unspecified atom stereocenters. The molecule has 1 heterocycles. The van der Waals surface area contributed by atoms with E-state index in [1.54, 1.807) is 6.07 Å². The number of fused-ring (bicyclic) bond motifs is 1. The highest BCUT2D eigenvalue weighted by Gasteiger charge is 2.11. The van der Waals surface area contributed by atoms with Gasteiger partial charge in [0.25, 0.3) is 0 Å². The van der Waals surface area contributed by atoms with Crippen LogP contribution in [0.15, 0.2) is 30.3 Å². The largest absolute Gasteiger partial charge is 0.330 e. The van der Waals surface area contributed by atoms with Gasteiger partial charge in [-0.15, -0.1) is 0 Å². The molecule has 3 aromatic rings. The van der Waals surface area contributed by atoms with Crippen LogP contribution in [0.3, 0.4) is 0 Å². The molecule has 0 saturated carbocycles. The third-order valence-electron chi connectivity index (χ3n) is 2.83.